The third kappa shape index (κ3) is 2.29. The molecule has 1 atom stereocenters. The minimum Gasteiger partial charge on any atom is -0.312 e. The Labute approximate surface area is 155 Å². The van der Waals surface area contributed by atoms with Crippen molar-refractivity contribution in [1.82, 2.24) is 10.6 Å². The first-order valence-electron chi connectivity index (χ1n) is 8.23. The average molecular weight is 370 g/mol. The van der Waals surface area contributed by atoms with Crippen LogP contribution in [0.2, 0.25) is 5.02 Å². The molecule has 6 nitrogen and oxygen atoms in total. The molecule has 4 amide bonds. The second-order valence-corrected chi connectivity index (χ2v) is 6.91. The molecule has 1 unspecified atom stereocenters. The lowest BCUT2D eigenvalue weighted by molar-refractivity contribution is -0.133. The third-order valence-electron chi connectivity index (χ3n) is 4.84. The summed E-state index contributed by atoms with van der Waals surface area (Å²) in [5.74, 6) is -1.13. The van der Waals surface area contributed by atoms with Gasteiger partial charge in [0.15, 0.2) is 0 Å². The van der Waals surface area contributed by atoms with E-state index >= 15 is 0 Å². The summed E-state index contributed by atoms with van der Waals surface area (Å²) in [7, 11) is 0. The first-order chi connectivity index (χ1) is 12.4. The van der Waals surface area contributed by atoms with Gasteiger partial charge in [0.05, 0.1) is 5.69 Å². The van der Waals surface area contributed by atoms with Crippen LogP contribution >= 0.6 is 11.6 Å². The zero-order chi connectivity index (χ0) is 18.5. The molecule has 4 rings (SSSR count). The van der Waals surface area contributed by atoms with Crippen LogP contribution in [0.25, 0.3) is 0 Å². The van der Waals surface area contributed by atoms with Crippen molar-refractivity contribution in [3.63, 3.8) is 0 Å². The van der Waals surface area contributed by atoms with Crippen LogP contribution in [-0.4, -0.2) is 24.4 Å². The van der Waals surface area contributed by atoms with Crippen molar-refractivity contribution in [2.45, 2.75) is 18.9 Å². The van der Waals surface area contributed by atoms with E-state index in [2.05, 4.69) is 10.6 Å². The number of imide groups is 1. The number of anilines is 1. The van der Waals surface area contributed by atoms with Crippen molar-refractivity contribution in [1.29, 1.82) is 0 Å². The summed E-state index contributed by atoms with van der Waals surface area (Å²) in [6.45, 7) is 2.23. The van der Waals surface area contributed by atoms with Crippen LogP contribution in [0.15, 0.2) is 42.5 Å². The Bertz CT molecular complexity index is 945. The lowest BCUT2D eigenvalue weighted by Gasteiger charge is -2.21. The van der Waals surface area contributed by atoms with E-state index in [1.807, 2.05) is 37.3 Å². The van der Waals surface area contributed by atoms with E-state index in [0.29, 0.717) is 29.2 Å². The molecule has 1 fully saturated rings. The summed E-state index contributed by atoms with van der Waals surface area (Å²) < 4.78 is 0. The van der Waals surface area contributed by atoms with E-state index in [1.165, 1.54) is 0 Å². The lowest BCUT2D eigenvalue weighted by atomic mass is 9.90. The molecule has 7 heteroatoms. The number of benzene rings is 2. The first-order valence-corrected chi connectivity index (χ1v) is 8.61. The molecule has 0 aliphatic carbocycles. The first kappa shape index (κ1) is 16.6. The van der Waals surface area contributed by atoms with Crippen LogP contribution in [0, 0.1) is 6.92 Å². The Morgan fingerprint density at radius 3 is 2.50 bits per heavy atom. The molecule has 0 radical (unpaired) electrons. The maximum Gasteiger partial charge on any atom is 0.323 e. The molecule has 1 saturated heterocycles. The standard InChI is InChI=1S/C19H16ClN3O3/c1-11-9-13(20)10-14-15(11)23(8-7-12-5-3-2-4-6-12)17(25)19(14)16(24)21-18(26)22-19/h2-6,9-10H,7-8H2,1H3,(H2,21,22,24,26). The molecule has 0 aromatic heterocycles. The van der Waals surface area contributed by atoms with Gasteiger partial charge in [0.1, 0.15) is 0 Å². The summed E-state index contributed by atoms with van der Waals surface area (Å²) in [5, 5.41) is 5.10. The highest BCUT2D eigenvalue weighted by molar-refractivity contribution is 6.32. The van der Waals surface area contributed by atoms with Crippen LogP contribution in [0.1, 0.15) is 16.7 Å². The highest BCUT2D eigenvalue weighted by Crippen LogP contribution is 2.45. The smallest absolute Gasteiger partial charge is 0.312 e. The SMILES string of the molecule is Cc1cc(Cl)cc2c1N(CCc1ccccc1)C(=O)C21NC(=O)NC1=O. The number of aryl methyl sites for hydroxylation is 1. The molecule has 26 heavy (non-hydrogen) atoms. The molecule has 2 N–H and O–H groups in total. The molecule has 132 valence electrons. The van der Waals surface area contributed by atoms with Crippen molar-refractivity contribution in [3.8, 4) is 0 Å². The van der Waals surface area contributed by atoms with E-state index in [9.17, 15) is 14.4 Å². The van der Waals surface area contributed by atoms with Gasteiger partial charge in [-0.1, -0.05) is 41.9 Å². The van der Waals surface area contributed by atoms with Gasteiger partial charge in [-0.15, -0.1) is 0 Å². The van der Waals surface area contributed by atoms with Crippen LogP contribution in [-0.2, 0) is 21.5 Å². The molecule has 2 aliphatic heterocycles. The van der Waals surface area contributed by atoms with Crippen molar-refractivity contribution >= 4 is 35.1 Å². The van der Waals surface area contributed by atoms with Crippen molar-refractivity contribution in [3.05, 3.63) is 64.2 Å². The number of rotatable bonds is 3. The van der Waals surface area contributed by atoms with E-state index in [4.69, 9.17) is 11.6 Å². The number of nitrogens with zero attached hydrogens (tertiary/aromatic N) is 1. The number of urea groups is 1. The fourth-order valence-electron chi connectivity index (χ4n) is 3.69. The highest BCUT2D eigenvalue weighted by Gasteiger charge is 2.61. The quantitative estimate of drug-likeness (QED) is 0.643. The van der Waals surface area contributed by atoms with Gasteiger partial charge >= 0.3 is 6.03 Å². The summed E-state index contributed by atoms with van der Waals surface area (Å²) in [5.41, 5.74) is 1.17. The third-order valence-corrected chi connectivity index (χ3v) is 5.06. The molecular weight excluding hydrogens is 354 g/mol. The predicted octanol–water partition coefficient (Wildman–Crippen LogP) is 2.27. The monoisotopic (exact) mass is 369 g/mol. The number of hydrogen-bond acceptors (Lipinski definition) is 3. The second-order valence-electron chi connectivity index (χ2n) is 6.47. The Morgan fingerprint density at radius 2 is 1.85 bits per heavy atom. The van der Waals surface area contributed by atoms with Crippen LogP contribution < -0.4 is 15.5 Å². The Balaban J connectivity index is 1.79. The molecule has 0 bridgehead atoms. The summed E-state index contributed by atoms with van der Waals surface area (Å²) in [6, 6.07) is 12.4. The fourth-order valence-corrected chi connectivity index (χ4v) is 3.97. The predicted molar refractivity (Wildman–Crippen MR) is 97.0 cm³/mol. The fraction of sp³-hybridized carbons (Fsp3) is 0.211. The minimum absolute atomic E-state index is 0.392. The van der Waals surface area contributed by atoms with E-state index in [1.54, 1.807) is 17.0 Å². The molecule has 1 spiro atoms. The van der Waals surface area contributed by atoms with Crippen LogP contribution in [0.4, 0.5) is 10.5 Å². The number of nitrogens with one attached hydrogen (secondary N) is 2. The number of hydrogen-bond donors (Lipinski definition) is 2. The largest absolute Gasteiger partial charge is 0.323 e. The summed E-state index contributed by atoms with van der Waals surface area (Å²) in [4.78, 5) is 39.1. The van der Waals surface area contributed by atoms with Gasteiger partial charge in [0.2, 0.25) is 5.54 Å². The minimum atomic E-state index is -1.74. The van der Waals surface area contributed by atoms with Gasteiger partial charge in [0, 0.05) is 17.1 Å². The Kier molecular flexibility index (Phi) is 3.73. The normalized spacial score (nSPS) is 21.2. The van der Waals surface area contributed by atoms with E-state index in [0.717, 1.165) is 11.1 Å². The molecule has 0 saturated carbocycles. The molecular formula is C19H16ClN3O3. The van der Waals surface area contributed by atoms with Gasteiger partial charge in [-0.05, 0) is 36.6 Å². The lowest BCUT2D eigenvalue weighted by Crippen LogP contribution is -2.52. The second kappa shape index (κ2) is 5.85. The number of carbonyl (C=O) groups is 3. The molecule has 2 aromatic rings. The maximum absolute atomic E-state index is 13.2. The van der Waals surface area contributed by atoms with Crippen LogP contribution in [0.3, 0.4) is 0 Å². The molecule has 2 heterocycles. The van der Waals surface area contributed by atoms with Crippen molar-refractivity contribution < 1.29 is 14.4 Å². The Hall–Kier alpha value is -2.86. The van der Waals surface area contributed by atoms with Crippen LogP contribution in [0.5, 0.6) is 0 Å². The zero-order valence-electron chi connectivity index (χ0n) is 14.0. The van der Waals surface area contributed by atoms with Gasteiger partial charge in [0.25, 0.3) is 11.8 Å². The van der Waals surface area contributed by atoms with Gasteiger partial charge in [-0.25, -0.2) is 4.79 Å². The topological polar surface area (TPSA) is 78.5 Å². The zero-order valence-corrected chi connectivity index (χ0v) is 14.8. The van der Waals surface area contributed by atoms with Crippen molar-refractivity contribution in [2.24, 2.45) is 0 Å². The number of carbonyl (C=O) groups excluding carboxylic acids is 3. The number of halogens is 1. The summed E-state index contributed by atoms with van der Waals surface area (Å²) in [6.07, 6.45) is 0.625. The molecule has 2 aromatic carbocycles. The number of fused-ring (bicyclic) bond motifs is 2. The van der Waals surface area contributed by atoms with Gasteiger partial charge < -0.3 is 10.2 Å². The van der Waals surface area contributed by atoms with Gasteiger partial charge in [-0.2, -0.15) is 0 Å². The van der Waals surface area contributed by atoms with Gasteiger partial charge in [-0.3, -0.25) is 14.9 Å². The van der Waals surface area contributed by atoms with E-state index in [-0.39, 0.29) is 0 Å². The molecule has 2 aliphatic rings. The highest BCUT2D eigenvalue weighted by atomic mass is 35.5. The van der Waals surface area contributed by atoms with Crippen molar-refractivity contribution in [2.75, 3.05) is 11.4 Å². The average Bonchev–Trinajstić information content (AvgIpc) is 3.03. The summed E-state index contributed by atoms with van der Waals surface area (Å²) >= 11 is 6.17. The maximum atomic E-state index is 13.2. The Morgan fingerprint density at radius 1 is 1.12 bits per heavy atom. The van der Waals surface area contributed by atoms with E-state index < -0.39 is 23.4 Å². The number of amides is 4.